The Morgan fingerprint density at radius 3 is 2.46 bits per heavy atom. The molecule has 6 nitrogen and oxygen atoms in total. The number of esters is 1. The molecule has 2 N–H and O–H groups in total. The lowest BCUT2D eigenvalue weighted by Gasteiger charge is -2.49. The van der Waals surface area contributed by atoms with E-state index >= 15 is 0 Å². The molecule has 0 bridgehead atoms. The minimum absolute atomic E-state index is 0.0784. The number of halogens is 5. The Labute approximate surface area is 144 Å². The van der Waals surface area contributed by atoms with Crippen molar-refractivity contribution in [3.05, 3.63) is 35.4 Å². The highest BCUT2D eigenvalue weighted by Gasteiger charge is 2.69. The summed E-state index contributed by atoms with van der Waals surface area (Å²) in [5.74, 6) is -6.51. The van der Waals surface area contributed by atoms with Crippen LogP contribution in [0.2, 0.25) is 0 Å². The molecule has 0 aliphatic carbocycles. The first-order valence-electron chi connectivity index (χ1n) is 7.40. The summed E-state index contributed by atoms with van der Waals surface area (Å²) in [6.07, 6.45) is -5.44. The molecule has 1 saturated heterocycles. The molecule has 1 aromatic carbocycles. The first-order chi connectivity index (χ1) is 11.9. The standard InChI is InChI=1S/C15H15F5N2O4/c1-3-26-12(23)10-11(7-4-5-8(16)9(17)6-7)21-13(24)22(2)14(10,25)15(18,19)20/h4-6,10-11,25H,3H2,1-2H3,(H,21,24)/t10-,11-,14-/m1/s1. The number of carbonyl (C=O) groups is 2. The van der Waals surface area contributed by atoms with Gasteiger partial charge in [-0.25, -0.2) is 13.6 Å². The summed E-state index contributed by atoms with van der Waals surface area (Å²) in [7, 11) is 0.649. The van der Waals surface area contributed by atoms with Crippen molar-refractivity contribution < 1.29 is 41.4 Å². The van der Waals surface area contributed by atoms with Crippen molar-refractivity contribution in [3.63, 3.8) is 0 Å². The molecule has 2 rings (SSSR count). The van der Waals surface area contributed by atoms with Gasteiger partial charge >= 0.3 is 18.2 Å². The van der Waals surface area contributed by atoms with Gasteiger partial charge in [0.25, 0.3) is 5.72 Å². The Balaban J connectivity index is 2.66. The third kappa shape index (κ3) is 3.06. The van der Waals surface area contributed by atoms with Gasteiger partial charge in [0.1, 0.15) is 5.92 Å². The third-order valence-electron chi connectivity index (χ3n) is 4.12. The summed E-state index contributed by atoms with van der Waals surface area (Å²) in [6.45, 7) is 1.04. The summed E-state index contributed by atoms with van der Waals surface area (Å²) in [5, 5.41) is 12.4. The molecular weight excluding hydrogens is 367 g/mol. The number of amides is 2. The van der Waals surface area contributed by atoms with Gasteiger partial charge in [-0.3, -0.25) is 9.69 Å². The molecule has 0 saturated carbocycles. The lowest BCUT2D eigenvalue weighted by Crippen LogP contribution is -2.73. The van der Waals surface area contributed by atoms with Gasteiger partial charge in [-0.05, 0) is 24.6 Å². The number of aliphatic hydroxyl groups is 1. The number of urea groups is 1. The van der Waals surface area contributed by atoms with Crippen LogP contribution in [0.4, 0.5) is 26.7 Å². The van der Waals surface area contributed by atoms with Crippen LogP contribution in [-0.2, 0) is 9.53 Å². The van der Waals surface area contributed by atoms with Crippen LogP contribution in [0, 0.1) is 17.6 Å². The summed E-state index contributed by atoms with van der Waals surface area (Å²) in [6, 6.07) is -1.10. The lowest BCUT2D eigenvalue weighted by atomic mass is 9.81. The van der Waals surface area contributed by atoms with Crippen molar-refractivity contribution in [3.8, 4) is 0 Å². The molecule has 1 aliphatic heterocycles. The van der Waals surface area contributed by atoms with Crippen molar-refractivity contribution in [1.82, 2.24) is 10.2 Å². The van der Waals surface area contributed by atoms with E-state index in [0.717, 1.165) is 6.07 Å². The minimum Gasteiger partial charge on any atom is -0.466 e. The number of nitrogens with one attached hydrogen (secondary N) is 1. The van der Waals surface area contributed by atoms with Gasteiger partial charge in [-0.1, -0.05) is 6.07 Å². The second-order valence-electron chi connectivity index (χ2n) is 5.61. The van der Waals surface area contributed by atoms with Crippen molar-refractivity contribution in [2.24, 2.45) is 5.92 Å². The number of benzene rings is 1. The summed E-state index contributed by atoms with van der Waals surface area (Å²) >= 11 is 0. The van der Waals surface area contributed by atoms with Crippen LogP contribution in [0.15, 0.2) is 18.2 Å². The van der Waals surface area contributed by atoms with Crippen LogP contribution in [0.25, 0.3) is 0 Å². The van der Waals surface area contributed by atoms with E-state index < -0.39 is 47.5 Å². The average Bonchev–Trinajstić information content (AvgIpc) is 2.54. The molecule has 0 radical (unpaired) electrons. The summed E-state index contributed by atoms with van der Waals surface area (Å²) in [4.78, 5) is 24.1. The number of nitrogens with zero attached hydrogens (tertiary/aromatic N) is 1. The quantitative estimate of drug-likeness (QED) is 0.620. The zero-order valence-corrected chi connectivity index (χ0v) is 13.6. The Morgan fingerprint density at radius 1 is 1.35 bits per heavy atom. The van der Waals surface area contributed by atoms with Crippen LogP contribution in [0.1, 0.15) is 18.5 Å². The predicted molar refractivity (Wildman–Crippen MR) is 76.5 cm³/mol. The highest BCUT2D eigenvalue weighted by atomic mass is 19.4. The Bertz CT molecular complexity index is 726. The van der Waals surface area contributed by atoms with Gasteiger partial charge in [0.15, 0.2) is 11.6 Å². The average molecular weight is 382 g/mol. The third-order valence-corrected chi connectivity index (χ3v) is 4.12. The normalized spacial score (nSPS) is 26.5. The Hall–Kier alpha value is -2.43. The molecule has 1 aliphatic rings. The predicted octanol–water partition coefficient (Wildman–Crippen LogP) is 2.09. The van der Waals surface area contributed by atoms with E-state index in [0.29, 0.717) is 19.2 Å². The van der Waals surface area contributed by atoms with Crippen LogP contribution in [0.3, 0.4) is 0 Å². The minimum atomic E-state index is -5.44. The highest BCUT2D eigenvalue weighted by Crippen LogP contribution is 2.46. The molecule has 1 aromatic rings. The van der Waals surface area contributed by atoms with E-state index in [1.807, 2.05) is 0 Å². The van der Waals surface area contributed by atoms with E-state index in [4.69, 9.17) is 0 Å². The smallest absolute Gasteiger partial charge is 0.437 e. The maximum absolute atomic E-state index is 13.6. The van der Waals surface area contributed by atoms with E-state index in [1.165, 1.54) is 6.92 Å². The summed E-state index contributed by atoms with van der Waals surface area (Å²) < 4.78 is 72.1. The van der Waals surface area contributed by atoms with Crippen molar-refractivity contribution in [2.45, 2.75) is 24.9 Å². The molecule has 0 spiro atoms. The van der Waals surface area contributed by atoms with E-state index in [9.17, 15) is 36.6 Å². The van der Waals surface area contributed by atoms with Crippen molar-refractivity contribution >= 4 is 12.0 Å². The van der Waals surface area contributed by atoms with Crippen LogP contribution in [-0.4, -0.2) is 47.6 Å². The topological polar surface area (TPSA) is 78.9 Å². The van der Waals surface area contributed by atoms with Gasteiger partial charge in [0.05, 0.1) is 12.6 Å². The van der Waals surface area contributed by atoms with Crippen molar-refractivity contribution in [2.75, 3.05) is 13.7 Å². The fourth-order valence-corrected chi connectivity index (χ4v) is 2.79. The SMILES string of the molecule is CCOC(=O)[C@H]1[C@@H](c2ccc(F)c(F)c2)NC(=O)N(C)[C@]1(O)C(F)(F)F. The number of hydrogen-bond donors (Lipinski definition) is 2. The van der Waals surface area contributed by atoms with Gasteiger partial charge in [-0.15, -0.1) is 0 Å². The maximum Gasteiger partial charge on any atom is 0.437 e. The van der Waals surface area contributed by atoms with E-state index in [1.54, 1.807) is 0 Å². The molecule has 11 heteroatoms. The number of rotatable bonds is 3. The number of hydrogen-bond acceptors (Lipinski definition) is 4. The first kappa shape index (κ1) is 19.9. The number of ether oxygens (including phenoxy) is 1. The zero-order valence-electron chi connectivity index (χ0n) is 13.6. The largest absolute Gasteiger partial charge is 0.466 e. The second-order valence-corrected chi connectivity index (χ2v) is 5.61. The monoisotopic (exact) mass is 382 g/mol. The van der Waals surface area contributed by atoms with Gasteiger partial charge in [-0.2, -0.15) is 13.2 Å². The van der Waals surface area contributed by atoms with Crippen LogP contribution < -0.4 is 5.32 Å². The van der Waals surface area contributed by atoms with E-state index in [2.05, 4.69) is 10.1 Å². The Morgan fingerprint density at radius 2 is 1.96 bits per heavy atom. The molecular formula is C15H15F5N2O4. The van der Waals surface area contributed by atoms with Crippen LogP contribution in [0.5, 0.6) is 0 Å². The van der Waals surface area contributed by atoms with Crippen molar-refractivity contribution in [1.29, 1.82) is 0 Å². The molecule has 1 fully saturated rings. The maximum atomic E-state index is 13.6. The van der Waals surface area contributed by atoms with Gasteiger partial charge in [0.2, 0.25) is 0 Å². The molecule has 0 unspecified atom stereocenters. The molecule has 2 amide bonds. The molecule has 3 atom stereocenters. The van der Waals surface area contributed by atoms with E-state index in [-0.39, 0.29) is 17.1 Å². The molecule has 26 heavy (non-hydrogen) atoms. The van der Waals surface area contributed by atoms with Gasteiger partial charge < -0.3 is 15.2 Å². The Kier molecular flexibility index (Phi) is 5.13. The lowest BCUT2D eigenvalue weighted by molar-refractivity contribution is -0.328. The second kappa shape index (κ2) is 6.71. The fraction of sp³-hybridized carbons (Fsp3) is 0.467. The van der Waals surface area contributed by atoms with Crippen LogP contribution >= 0.6 is 0 Å². The summed E-state index contributed by atoms with van der Waals surface area (Å²) in [5.41, 5.74) is -4.26. The number of alkyl halides is 3. The molecule has 144 valence electrons. The zero-order chi connectivity index (χ0) is 19.9. The van der Waals surface area contributed by atoms with Gasteiger partial charge in [0, 0.05) is 7.05 Å². The number of carbonyl (C=O) groups excluding carboxylic acids is 2. The fourth-order valence-electron chi connectivity index (χ4n) is 2.79. The highest BCUT2D eigenvalue weighted by molar-refractivity contribution is 5.83. The molecule has 1 heterocycles. The molecule has 0 aromatic heterocycles. The first-order valence-corrected chi connectivity index (χ1v) is 7.40.